The molecule has 0 radical (unpaired) electrons. The molecular formula is C47H67FN6O3. The highest BCUT2D eigenvalue weighted by Gasteiger charge is 2.18. The second-order valence-electron chi connectivity index (χ2n) is 14.6. The average molecular weight is 783 g/mol. The van der Waals surface area contributed by atoms with Crippen LogP contribution in [0.4, 0.5) is 15.9 Å². The van der Waals surface area contributed by atoms with Gasteiger partial charge in [0.2, 0.25) is 0 Å². The van der Waals surface area contributed by atoms with Crippen molar-refractivity contribution < 1.29 is 18.7 Å². The van der Waals surface area contributed by atoms with E-state index in [9.17, 15) is 4.79 Å². The molecule has 4 atom stereocenters. The lowest BCUT2D eigenvalue weighted by Crippen LogP contribution is -2.15. The van der Waals surface area contributed by atoms with Crippen molar-refractivity contribution in [3.05, 3.63) is 84.3 Å². The number of carbonyl (C=O) groups is 1. The number of likely N-dealkylation sites (N-methyl/N-ethyl adjacent to an activating group) is 1. The van der Waals surface area contributed by atoms with Gasteiger partial charge in [-0.25, -0.2) is 14.4 Å². The van der Waals surface area contributed by atoms with Crippen LogP contribution in [-0.2, 0) is 11.2 Å². The second kappa shape index (κ2) is 26.0. The van der Waals surface area contributed by atoms with Crippen LogP contribution in [0.3, 0.4) is 0 Å². The van der Waals surface area contributed by atoms with Crippen molar-refractivity contribution in [2.24, 2.45) is 28.8 Å². The Labute approximate surface area is 342 Å². The molecule has 2 heterocycles. The van der Waals surface area contributed by atoms with Crippen LogP contribution in [-0.4, -0.2) is 65.7 Å². The number of hydrogen-bond donors (Lipinski definition) is 1. The monoisotopic (exact) mass is 783 g/mol. The lowest BCUT2D eigenvalue weighted by atomic mass is 9.96. The molecule has 1 aromatic heterocycles. The molecular weight excluding hydrogens is 716 g/mol. The molecule has 0 bridgehead atoms. The molecule has 0 spiro atoms. The summed E-state index contributed by atoms with van der Waals surface area (Å²) in [5.74, 6) is 5.79. The van der Waals surface area contributed by atoms with Crippen molar-refractivity contribution in [3.63, 3.8) is 0 Å². The smallest absolute Gasteiger partial charge is 0.158 e. The van der Waals surface area contributed by atoms with E-state index in [0.717, 1.165) is 60.9 Å². The van der Waals surface area contributed by atoms with Crippen LogP contribution in [0.15, 0.2) is 78.0 Å². The molecule has 4 rings (SSSR count). The van der Waals surface area contributed by atoms with E-state index in [2.05, 4.69) is 60.1 Å². The molecule has 310 valence electrons. The minimum absolute atomic E-state index is 0.0499. The molecule has 3 aromatic rings. The topological polar surface area (TPSA) is 92.2 Å². The number of anilines is 2. The van der Waals surface area contributed by atoms with E-state index >= 15 is 4.39 Å². The van der Waals surface area contributed by atoms with Gasteiger partial charge in [-0.05, 0) is 94.1 Å². The molecule has 0 amide bonds. The third-order valence-corrected chi connectivity index (χ3v) is 9.24. The molecule has 0 fully saturated rings. The van der Waals surface area contributed by atoms with Gasteiger partial charge in [0.25, 0.3) is 0 Å². The summed E-state index contributed by atoms with van der Waals surface area (Å²) in [5.41, 5.74) is 2.11. The van der Waals surface area contributed by atoms with E-state index in [1.807, 2.05) is 71.8 Å². The lowest BCUT2D eigenvalue weighted by Gasteiger charge is -2.20. The summed E-state index contributed by atoms with van der Waals surface area (Å²) in [6.45, 7) is 20.7. The van der Waals surface area contributed by atoms with Crippen molar-refractivity contribution in [3.8, 4) is 23.8 Å². The summed E-state index contributed by atoms with van der Waals surface area (Å²) in [6.07, 6.45) is 22.6. The number of hydrogen-bond acceptors (Lipinski definition) is 9. The van der Waals surface area contributed by atoms with E-state index in [1.54, 1.807) is 41.7 Å². The maximum atomic E-state index is 15.4. The molecule has 2 aromatic carbocycles. The first-order valence-corrected chi connectivity index (χ1v) is 20.5. The number of halogens is 1. The van der Waals surface area contributed by atoms with Crippen LogP contribution < -0.4 is 14.8 Å². The van der Waals surface area contributed by atoms with Gasteiger partial charge in [-0.3, -0.25) is 9.80 Å². The number of rotatable bonds is 19. The van der Waals surface area contributed by atoms with Gasteiger partial charge in [0.1, 0.15) is 35.2 Å². The molecule has 1 aliphatic rings. The fraction of sp³-hybridized carbons (Fsp3) is 0.489. The average Bonchev–Trinajstić information content (AvgIpc) is 3.21. The van der Waals surface area contributed by atoms with E-state index in [0.29, 0.717) is 42.3 Å². The summed E-state index contributed by atoms with van der Waals surface area (Å²) in [7, 11) is 3.97. The van der Waals surface area contributed by atoms with E-state index in [-0.39, 0.29) is 23.3 Å². The first kappa shape index (κ1) is 48.1. The van der Waals surface area contributed by atoms with Crippen LogP contribution in [0, 0.1) is 41.8 Å². The van der Waals surface area contributed by atoms with Crippen molar-refractivity contribution in [1.82, 2.24) is 19.9 Å². The SMILES string of the molecule is C#CC(C)/C=N\N1C=CC(Oc2ccc(Nc3ncnc4ccc(CCC)c(OCC(C)CC(C)CC)c34)c(F)c2)=CC1.CC.CCC(C)C(=O)/C=C/CN(C)C. The van der Waals surface area contributed by atoms with Gasteiger partial charge < -0.3 is 19.7 Å². The van der Waals surface area contributed by atoms with Gasteiger partial charge in [-0.15, -0.1) is 6.42 Å². The van der Waals surface area contributed by atoms with Crippen molar-refractivity contribution in [2.45, 2.75) is 94.4 Å². The number of benzene rings is 2. The molecule has 1 N–H and O–H groups in total. The highest BCUT2D eigenvalue weighted by molar-refractivity contribution is 5.97. The Morgan fingerprint density at radius 1 is 1.09 bits per heavy atom. The number of carbonyl (C=O) groups excluding carboxylic acids is 1. The highest BCUT2D eigenvalue weighted by Crippen LogP contribution is 2.37. The number of hydrazone groups is 1. The Kier molecular flexibility index (Phi) is 22.0. The van der Waals surface area contributed by atoms with Crippen LogP contribution >= 0.6 is 0 Å². The molecule has 57 heavy (non-hydrogen) atoms. The molecule has 10 heteroatoms. The zero-order valence-electron chi connectivity index (χ0n) is 36.3. The van der Waals surface area contributed by atoms with Gasteiger partial charge in [0, 0.05) is 30.9 Å². The normalized spacial score (nSPS) is 14.5. The number of nitrogens with one attached hydrogen (secondary N) is 1. The molecule has 9 nitrogen and oxygen atoms in total. The first-order valence-electron chi connectivity index (χ1n) is 20.5. The van der Waals surface area contributed by atoms with E-state index in [4.69, 9.17) is 15.9 Å². The summed E-state index contributed by atoms with van der Waals surface area (Å²) < 4.78 is 27.8. The minimum atomic E-state index is -0.464. The maximum Gasteiger partial charge on any atom is 0.158 e. The van der Waals surface area contributed by atoms with Crippen LogP contribution in [0.2, 0.25) is 0 Å². The van der Waals surface area contributed by atoms with Gasteiger partial charge in [-0.2, -0.15) is 5.10 Å². The van der Waals surface area contributed by atoms with Crippen LogP contribution in [0.5, 0.6) is 11.5 Å². The zero-order valence-corrected chi connectivity index (χ0v) is 36.3. The standard InChI is InChI=1S/C35H42FN5O2.C10H19NO.C2H6/c1-7-10-27-11-13-32-33(34(27)42-22-26(6)19-24(4)8-2)35(38-23-37-32)40-31-14-12-29(20-30(31)36)43-28-15-17-41(18-16-28)39-21-25(5)9-3;1-5-9(2)10(12)7-6-8-11(3)4;1-2/h3,11-17,20-21,23-26H,7-8,10,18-19,22H2,1-2,4-6H3,(H,37,38,40);6-7,9H,5,8H2,1-4H3;1-2H3/b39-21-;7-6+;. The van der Waals surface area contributed by atoms with Crippen LogP contribution in [0.1, 0.15) is 93.6 Å². The van der Waals surface area contributed by atoms with E-state index < -0.39 is 5.82 Å². The predicted molar refractivity (Wildman–Crippen MR) is 236 cm³/mol. The Balaban J connectivity index is 0.000000686. The number of fused-ring (bicyclic) bond motifs is 1. The first-order chi connectivity index (χ1) is 27.4. The Hall–Kier alpha value is -5.01. The summed E-state index contributed by atoms with van der Waals surface area (Å²) >= 11 is 0. The van der Waals surface area contributed by atoms with Crippen molar-refractivity contribution in [1.29, 1.82) is 0 Å². The van der Waals surface area contributed by atoms with Gasteiger partial charge >= 0.3 is 0 Å². The summed E-state index contributed by atoms with van der Waals surface area (Å²) in [6, 6.07) is 8.77. The fourth-order valence-electron chi connectivity index (χ4n) is 5.57. The Morgan fingerprint density at radius 2 is 1.84 bits per heavy atom. The quantitative estimate of drug-likeness (QED) is 0.0730. The number of terminal acetylenes is 1. The second-order valence-corrected chi connectivity index (χ2v) is 14.6. The summed E-state index contributed by atoms with van der Waals surface area (Å²) in [5, 5.41) is 10.0. The van der Waals surface area contributed by atoms with Gasteiger partial charge in [0.15, 0.2) is 5.78 Å². The predicted octanol–water partition coefficient (Wildman–Crippen LogP) is 11.0. The van der Waals surface area contributed by atoms with Crippen molar-refractivity contribution >= 4 is 34.4 Å². The summed E-state index contributed by atoms with van der Waals surface area (Å²) in [4.78, 5) is 22.3. The number of nitrogens with zero attached hydrogens (tertiary/aromatic N) is 5. The van der Waals surface area contributed by atoms with Gasteiger partial charge in [0.05, 0.1) is 35.7 Å². The highest BCUT2D eigenvalue weighted by atomic mass is 19.1. The lowest BCUT2D eigenvalue weighted by molar-refractivity contribution is -0.117. The third-order valence-electron chi connectivity index (χ3n) is 9.24. The number of aryl methyl sites for hydroxylation is 1. The molecule has 0 saturated carbocycles. The minimum Gasteiger partial charge on any atom is -0.492 e. The van der Waals surface area contributed by atoms with Crippen molar-refractivity contribution in [2.75, 3.05) is 39.1 Å². The number of ketones is 1. The number of allylic oxidation sites excluding steroid dienone is 2. The molecule has 0 aliphatic carbocycles. The maximum absolute atomic E-state index is 15.4. The Morgan fingerprint density at radius 3 is 2.46 bits per heavy atom. The molecule has 4 unspecified atom stereocenters. The largest absolute Gasteiger partial charge is 0.492 e. The fourth-order valence-corrected chi connectivity index (χ4v) is 5.57. The van der Waals surface area contributed by atoms with Gasteiger partial charge in [-0.1, -0.05) is 86.3 Å². The zero-order chi connectivity index (χ0) is 42.3. The third kappa shape index (κ3) is 16.6. The Bertz CT molecular complexity index is 1850. The van der Waals surface area contributed by atoms with Crippen LogP contribution in [0.25, 0.3) is 10.9 Å². The molecule has 1 aliphatic heterocycles. The number of ether oxygens (including phenoxy) is 2. The molecule has 0 saturated heterocycles. The van der Waals surface area contributed by atoms with E-state index in [1.165, 1.54) is 12.4 Å². The number of aromatic nitrogens is 2.